The zero-order valence-corrected chi connectivity index (χ0v) is 28.8. The number of nitrogens with one attached hydrogen (secondary N) is 1. The lowest BCUT2D eigenvalue weighted by molar-refractivity contribution is -0.160. The summed E-state index contributed by atoms with van der Waals surface area (Å²) in [6.07, 6.45) is 5.31. The van der Waals surface area contributed by atoms with Gasteiger partial charge in [-0.25, -0.2) is 9.78 Å². The summed E-state index contributed by atoms with van der Waals surface area (Å²) in [5.41, 5.74) is 1.96. The summed E-state index contributed by atoms with van der Waals surface area (Å²) in [7, 11) is 0. The zero-order chi connectivity index (χ0) is 34.2. The molecule has 1 amide bonds. The molecule has 0 spiro atoms. The number of aromatic nitrogens is 3. The van der Waals surface area contributed by atoms with Gasteiger partial charge in [-0.05, 0) is 59.9 Å². The van der Waals surface area contributed by atoms with Crippen molar-refractivity contribution in [2.24, 2.45) is 0 Å². The van der Waals surface area contributed by atoms with Crippen LogP contribution in [0.5, 0.6) is 5.75 Å². The van der Waals surface area contributed by atoms with Crippen molar-refractivity contribution in [2.75, 3.05) is 31.2 Å². The van der Waals surface area contributed by atoms with Crippen LogP contribution in [0.3, 0.4) is 0 Å². The third kappa shape index (κ3) is 9.54. The van der Waals surface area contributed by atoms with Crippen LogP contribution < -0.4 is 15.0 Å². The number of aliphatic carboxylic acids is 1. The maximum Gasteiger partial charge on any atom is 0.337 e. The number of carboxylic acids is 1. The highest BCUT2D eigenvalue weighted by Crippen LogP contribution is 2.37. The Morgan fingerprint density at radius 1 is 1.19 bits per heavy atom. The van der Waals surface area contributed by atoms with Gasteiger partial charge in [0.05, 0.1) is 48.6 Å². The van der Waals surface area contributed by atoms with Crippen molar-refractivity contribution in [3.05, 3.63) is 65.5 Å². The van der Waals surface area contributed by atoms with Crippen LogP contribution in [0.2, 0.25) is 0 Å². The average molecular weight is 650 g/mol. The van der Waals surface area contributed by atoms with Crippen LogP contribution in [-0.4, -0.2) is 69.1 Å². The second kappa shape index (κ2) is 15.8. The van der Waals surface area contributed by atoms with Gasteiger partial charge >= 0.3 is 5.97 Å². The molecule has 1 aliphatic heterocycles. The summed E-state index contributed by atoms with van der Waals surface area (Å²) in [6.45, 7) is 17.8. The summed E-state index contributed by atoms with van der Waals surface area (Å²) < 4.78 is 19.9. The van der Waals surface area contributed by atoms with Gasteiger partial charge in [0.25, 0.3) is 0 Å². The number of nitrogens with zero attached hydrogens (tertiary/aromatic N) is 4. The van der Waals surface area contributed by atoms with Crippen molar-refractivity contribution in [3.8, 4) is 5.75 Å². The van der Waals surface area contributed by atoms with Crippen molar-refractivity contribution in [2.45, 2.75) is 104 Å². The van der Waals surface area contributed by atoms with Crippen LogP contribution in [0.1, 0.15) is 95.3 Å². The quantitative estimate of drug-likeness (QED) is 0.143. The molecule has 2 N–H and O–H groups in total. The first-order valence-electron chi connectivity index (χ1n) is 16.6. The second-order valence-electron chi connectivity index (χ2n) is 13.4. The summed E-state index contributed by atoms with van der Waals surface area (Å²) in [5, 5.41) is 18.2. The van der Waals surface area contributed by atoms with Crippen LogP contribution in [0.4, 0.5) is 5.82 Å². The number of ether oxygens (including phenoxy) is 3. The molecule has 1 aromatic carbocycles. The number of aryl methyl sites for hydroxylation is 1. The third-order valence-electron chi connectivity index (χ3n) is 8.28. The molecule has 0 radical (unpaired) electrons. The molecule has 1 fully saturated rings. The number of hydrogen-bond donors (Lipinski definition) is 2. The molecule has 47 heavy (non-hydrogen) atoms. The Labute approximate surface area is 278 Å². The Kier molecular flexibility index (Phi) is 12.0. The maximum absolute atomic E-state index is 13.1. The molecular weight excluding hydrogens is 598 g/mol. The van der Waals surface area contributed by atoms with E-state index in [1.54, 1.807) is 17.5 Å². The highest BCUT2D eigenvalue weighted by atomic mass is 16.5. The minimum absolute atomic E-state index is 0.156. The Bertz CT molecular complexity index is 1540. The van der Waals surface area contributed by atoms with Crippen LogP contribution in [0.25, 0.3) is 5.65 Å². The van der Waals surface area contributed by atoms with Gasteiger partial charge in [0.2, 0.25) is 5.91 Å². The molecule has 2 aromatic heterocycles. The molecule has 0 bridgehead atoms. The molecule has 256 valence electrons. The Balaban J connectivity index is 1.61. The van der Waals surface area contributed by atoms with Gasteiger partial charge in [-0.3, -0.25) is 4.79 Å². The number of unbranched alkanes of at least 4 members (excludes halogenated alkanes) is 2. The number of piperidine rings is 1. The predicted octanol–water partition coefficient (Wildman–Crippen LogP) is 5.97. The Hall–Kier alpha value is -3.96. The van der Waals surface area contributed by atoms with Crippen LogP contribution in [0.15, 0.2) is 43.0 Å². The predicted molar refractivity (Wildman–Crippen MR) is 182 cm³/mol. The fourth-order valence-corrected chi connectivity index (χ4v) is 5.79. The van der Waals surface area contributed by atoms with E-state index in [0.717, 1.165) is 43.4 Å². The van der Waals surface area contributed by atoms with E-state index in [1.807, 2.05) is 51.1 Å². The van der Waals surface area contributed by atoms with E-state index < -0.39 is 17.7 Å². The van der Waals surface area contributed by atoms with Gasteiger partial charge in [0.1, 0.15) is 11.6 Å². The monoisotopic (exact) mass is 649 g/mol. The van der Waals surface area contributed by atoms with Crippen LogP contribution >= 0.6 is 0 Å². The van der Waals surface area contributed by atoms with Crippen molar-refractivity contribution in [1.29, 1.82) is 0 Å². The molecule has 1 aliphatic rings. The summed E-state index contributed by atoms with van der Waals surface area (Å²) >= 11 is 0. The van der Waals surface area contributed by atoms with Crippen LogP contribution in [-0.2, 0) is 32.0 Å². The number of para-hydroxylation sites is 1. The third-order valence-corrected chi connectivity index (χ3v) is 8.28. The first-order valence-corrected chi connectivity index (χ1v) is 16.6. The number of carbonyl (C=O) groups excluding carboxylic acids is 1. The normalized spacial score (nSPS) is 15.4. The standard InChI is InChI=1S/C36H51N5O6/c1-8-10-13-21-45-28-15-12-11-14-26(28)22-30(42)37-24-27-23-29-38-25(3)31(32(34(43)44)47-35(4,5)6)33(41(29)39-27)40-18-16-36(7,17-19-40)46-20-9-2/h9,11-12,14-15,23,32H,2,8,10,13,16-22,24H2,1,3-7H3,(H,37,42)(H,43,44). The van der Waals surface area contributed by atoms with Gasteiger partial charge in [0, 0.05) is 30.4 Å². The number of carboxylic acid groups (broad SMARTS) is 1. The Morgan fingerprint density at radius 2 is 1.91 bits per heavy atom. The molecule has 3 heterocycles. The smallest absolute Gasteiger partial charge is 0.337 e. The lowest BCUT2D eigenvalue weighted by Gasteiger charge is -2.41. The SMILES string of the molecule is C=CCOC1(C)CCN(c2c(C(OC(C)(C)C)C(=O)O)c(C)nc3cc(CNC(=O)Cc4ccccc4OCCCCC)nn23)CC1. The van der Waals surface area contributed by atoms with Crippen molar-refractivity contribution in [3.63, 3.8) is 0 Å². The highest BCUT2D eigenvalue weighted by Gasteiger charge is 2.37. The van der Waals surface area contributed by atoms with E-state index in [1.165, 1.54) is 0 Å². The maximum atomic E-state index is 13.1. The minimum Gasteiger partial charge on any atom is -0.493 e. The first-order chi connectivity index (χ1) is 22.3. The number of benzene rings is 1. The van der Waals surface area contributed by atoms with E-state index in [9.17, 15) is 14.7 Å². The molecule has 1 unspecified atom stereocenters. The lowest BCUT2D eigenvalue weighted by atomic mass is 9.92. The minimum atomic E-state index is -1.26. The van der Waals surface area contributed by atoms with Gasteiger partial charge in [-0.15, -0.1) is 6.58 Å². The molecule has 1 saturated heterocycles. The van der Waals surface area contributed by atoms with Crippen molar-refractivity contribution < 1.29 is 28.9 Å². The first kappa shape index (κ1) is 35.9. The van der Waals surface area contributed by atoms with E-state index in [0.29, 0.717) is 54.7 Å². The number of amides is 1. The summed E-state index contributed by atoms with van der Waals surface area (Å²) in [5.74, 6) is 0.0925. The average Bonchev–Trinajstić information content (AvgIpc) is 3.42. The van der Waals surface area contributed by atoms with E-state index in [2.05, 4.69) is 30.6 Å². The second-order valence-corrected chi connectivity index (χ2v) is 13.4. The van der Waals surface area contributed by atoms with E-state index in [4.69, 9.17) is 24.3 Å². The molecule has 11 heteroatoms. The topological polar surface area (TPSA) is 128 Å². The molecule has 0 saturated carbocycles. The van der Waals surface area contributed by atoms with Crippen molar-refractivity contribution in [1.82, 2.24) is 19.9 Å². The fraction of sp³-hybridized carbons (Fsp3) is 0.556. The van der Waals surface area contributed by atoms with Gasteiger partial charge in [0.15, 0.2) is 11.8 Å². The number of hydrogen-bond acceptors (Lipinski definition) is 8. The molecule has 11 nitrogen and oxygen atoms in total. The summed E-state index contributed by atoms with van der Waals surface area (Å²) in [6, 6.07) is 9.44. The van der Waals surface area contributed by atoms with Crippen molar-refractivity contribution >= 4 is 23.3 Å². The Morgan fingerprint density at radius 3 is 2.57 bits per heavy atom. The van der Waals surface area contributed by atoms with Gasteiger partial charge < -0.3 is 29.5 Å². The van der Waals surface area contributed by atoms with E-state index in [-0.39, 0.29) is 24.5 Å². The number of rotatable bonds is 16. The number of carbonyl (C=O) groups is 2. The van der Waals surface area contributed by atoms with Gasteiger partial charge in [-0.1, -0.05) is 44.0 Å². The summed E-state index contributed by atoms with van der Waals surface area (Å²) in [4.78, 5) is 32.7. The molecule has 0 aliphatic carbocycles. The molecule has 4 rings (SSSR count). The largest absolute Gasteiger partial charge is 0.493 e. The lowest BCUT2D eigenvalue weighted by Crippen LogP contribution is -2.45. The fourth-order valence-electron chi connectivity index (χ4n) is 5.79. The van der Waals surface area contributed by atoms with Gasteiger partial charge in [-0.2, -0.15) is 9.61 Å². The highest BCUT2D eigenvalue weighted by molar-refractivity contribution is 5.80. The number of fused-ring (bicyclic) bond motifs is 1. The molecule has 3 aromatic rings. The zero-order valence-electron chi connectivity index (χ0n) is 28.8. The van der Waals surface area contributed by atoms with E-state index >= 15 is 0 Å². The van der Waals surface area contributed by atoms with Crippen LogP contribution in [0, 0.1) is 6.92 Å². The molecule has 1 atom stereocenters. The number of anilines is 1. The molecular formula is C36H51N5O6.